The van der Waals surface area contributed by atoms with Crippen LogP contribution in [0, 0.1) is 5.82 Å². The summed E-state index contributed by atoms with van der Waals surface area (Å²) in [6, 6.07) is 2.99. The summed E-state index contributed by atoms with van der Waals surface area (Å²) >= 11 is -0.731. The Morgan fingerprint density at radius 1 is 1.40 bits per heavy atom. The lowest BCUT2D eigenvalue weighted by Crippen LogP contribution is -2.44. The van der Waals surface area contributed by atoms with Crippen LogP contribution in [0.25, 0.3) is 0 Å². The molecule has 0 heterocycles. The van der Waals surface area contributed by atoms with E-state index < -0.39 is 46.0 Å². The number of ether oxygens (including phenoxy) is 1. The number of esters is 1. The number of thioether (sulfide) groups is 1. The van der Waals surface area contributed by atoms with Crippen LogP contribution < -0.4 is 0 Å². The maximum atomic E-state index is 13.1. The maximum absolute atomic E-state index is 13.1. The molecule has 1 unspecified atom stereocenters. The van der Waals surface area contributed by atoms with E-state index in [9.17, 15) is 27.2 Å². The number of alkyl halides is 3. The molecule has 0 aliphatic heterocycles. The predicted molar refractivity (Wildman–Crippen MR) is 62.8 cm³/mol. The summed E-state index contributed by atoms with van der Waals surface area (Å²) in [6.07, 6.45) is -0.546. The predicted octanol–water partition coefficient (Wildman–Crippen LogP) is 2.73. The van der Waals surface area contributed by atoms with Crippen molar-refractivity contribution in [1.29, 1.82) is 0 Å². The van der Waals surface area contributed by atoms with E-state index >= 15 is 0 Å². The van der Waals surface area contributed by atoms with Gasteiger partial charge in [0.05, 0.1) is 7.11 Å². The highest BCUT2D eigenvalue weighted by atomic mass is 32.2. The minimum atomic E-state index is -4.80. The van der Waals surface area contributed by atoms with Crippen molar-refractivity contribution < 1.29 is 31.9 Å². The fraction of sp³-hybridized carbons (Fsp3) is 0.333. The highest BCUT2D eigenvalue weighted by molar-refractivity contribution is 8.03. The molecule has 20 heavy (non-hydrogen) atoms. The van der Waals surface area contributed by atoms with Crippen molar-refractivity contribution in [3.8, 4) is 0 Å². The molecule has 1 aliphatic carbocycles. The van der Waals surface area contributed by atoms with Crippen molar-refractivity contribution in [2.24, 2.45) is 0 Å². The summed E-state index contributed by atoms with van der Waals surface area (Å²) in [4.78, 5) is 23.9. The van der Waals surface area contributed by atoms with Crippen molar-refractivity contribution >= 4 is 23.5 Å². The van der Waals surface area contributed by atoms with Crippen molar-refractivity contribution in [2.45, 2.75) is 16.7 Å². The molecule has 0 spiro atoms. The second-order valence-electron chi connectivity index (χ2n) is 4.17. The fourth-order valence-electron chi connectivity index (χ4n) is 2.15. The van der Waals surface area contributed by atoms with Gasteiger partial charge in [0.2, 0.25) is 0 Å². The lowest BCUT2D eigenvalue weighted by atomic mass is 10.0. The lowest BCUT2D eigenvalue weighted by Gasteiger charge is -2.24. The number of carbonyl (C=O) groups is 2. The van der Waals surface area contributed by atoms with Gasteiger partial charge in [-0.1, -0.05) is 0 Å². The van der Waals surface area contributed by atoms with Gasteiger partial charge in [0.1, 0.15) is 5.82 Å². The molecule has 8 heteroatoms. The molecule has 3 nitrogen and oxygen atoms in total. The molecule has 0 saturated heterocycles. The Labute approximate surface area is 115 Å². The normalized spacial score (nSPS) is 21.8. The molecule has 0 radical (unpaired) electrons. The summed E-state index contributed by atoms with van der Waals surface area (Å²) in [5.41, 5.74) is -4.82. The van der Waals surface area contributed by atoms with E-state index in [0.717, 1.165) is 25.3 Å². The molecule has 1 aromatic carbocycles. The zero-order valence-corrected chi connectivity index (χ0v) is 10.9. The third-order valence-corrected chi connectivity index (χ3v) is 4.00. The Kier molecular flexibility index (Phi) is 3.53. The Bertz CT molecular complexity index is 585. The smallest absolute Gasteiger partial charge is 0.443 e. The van der Waals surface area contributed by atoms with Gasteiger partial charge in [-0.25, -0.2) is 4.39 Å². The Balaban J connectivity index is 2.51. The molecule has 0 N–H and O–H groups in total. The number of rotatable bonds is 2. The highest BCUT2D eigenvalue weighted by Gasteiger charge is 2.59. The van der Waals surface area contributed by atoms with E-state index in [0.29, 0.717) is 0 Å². The van der Waals surface area contributed by atoms with Crippen LogP contribution in [0.2, 0.25) is 0 Å². The quantitative estimate of drug-likeness (QED) is 0.479. The number of Topliss-reactive ketones (excluding diaryl/α,β-unsaturated/α-hetero) is 1. The van der Waals surface area contributed by atoms with Gasteiger partial charge < -0.3 is 4.74 Å². The standard InChI is InChI=1S/C12H8F4O3S/c1-19-10(18)11(20-12(14,15)16)5-6-4-7(13)2-3-8(6)9(11)17/h2-4H,5H2,1H3. The number of carbonyl (C=O) groups excluding carboxylic acids is 2. The van der Waals surface area contributed by atoms with E-state index in [4.69, 9.17) is 0 Å². The molecule has 1 aliphatic rings. The van der Waals surface area contributed by atoms with Crippen LogP contribution in [0.15, 0.2) is 18.2 Å². The zero-order valence-electron chi connectivity index (χ0n) is 10.1. The number of hydrogen-bond acceptors (Lipinski definition) is 4. The van der Waals surface area contributed by atoms with Gasteiger partial charge in [-0.15, -0.1) is 0 Å². The summed E-state index contributed by atoms with van der Waals surface area (Å²) in [6.45, 7) is 0. The summed E-state index contributed by atoms with van der Waals surface area (Å²) < 4.78 is 53.0. The van der Waals surface area contributed by atoms with E-state index in [-0.39, 0.29) is 11.1 Å². The van der Waals surface area contributed by atoms with Crippen molar-refractivity contribution in [3.63, 3.8) is 0 Å². The van der Waals surface area contributed by atoms with Crippen LogP contribution >= 0.6 is 11.8 Å². The second-order valence-corrected chi connectivity index (χ2v) is 5.54. The first kappa shape index (κ1) is 14.8. The average molecular weight is 308 g/mol. The SMILES string of the molecule is COC(=O)C1(SC(F)(F)F)Cc2cc(F)ccc2C1=O. The van der Waals surface area contributed by atoms with Gasteiger partial charge >= 0.3 is 11.5 Å². The number of fused-ring (bicyclic) bond motifs is 1. The summed E-state index contributed by atoms with van der Waals surface area (Å²) in [5, 5.41) is 0. The monoisotopic (exact) mass is 308 g/mol. The van der Waals surface area contributed by atoms with E-state index in [1.807, 2.05) is 0 Å². The van der Waals surface area contributed by atoms with Gasteiger partial charge in [-0.3, -0.25) is 9.59 Å². The van der Waals surface area contributed by atoms with Crippen molar-refractivity contribution in [2.75, 3.05) is 7.11 Å². The topological polar surface area (TPSA) is 43.4 Å². The zero-order chi connectivity index (χ0) is 15.1. The first-order valence-corrected chi connectivity index (χ1v) is 6.20. The summed E-state index contributed by atoms with van der Waals surface area (Å²) in [7, 11) is 0.901. The Morgan fingerprint density at radius 2 is 2.05 bits per heavy atom. The molecule has 0 amide bonds. The summed E-state index contributed by atoms with van der Waals surface area (Å²) in [5.74, 6) is -2.99. The van der Waals surface area contributed by atoms with Gasteiger partial charge in [0.25, 0.3) is 0 Å². The molecule has 0 fully saturated rings. The van der Waals surface area contributed by atoms with Gasteiger partial charge in [0.15, 0.2) is 10.5 Å². The van der Waals surface area contributed by atoms with Gasteiger partial charge in [-0.2, -0.15) is 13.2 Å². The number of methoxy groups -OCH3 is 1. The number of ketones is 1. The van der Waals surface area contributed by atoms with Crippen LogP contribution in [0.5, 0.6) is 0 Å². The minimum absolute atomic E-state index is 0.0668. The third-order valence-electron chi connectivity index (χ3n) is 2.92. The average Bonchev–Trinajstić information content (AvgIpc) is 2.60. The van der Waals surface area contributed by atoms with Gasteiger partial charge in [0, 0.05) is 12.0 Å². The number of benzene rings is 1. The minimum Gasteiger partial charge on any atom is -0.468 e. The van der Waals surface area contributed by atoms with Crippen LogP contribution in [0.3, 0.4) is 0 Å². The Hall–Kier alpha value is -1.57. The first-order chi connectivity index (χ1) is 9.19. The first-order valence-electron chi connectivity index (χ1n) is 5.38. The Morgan fingerprint density at radius 3 is 2.60 bits per heavy atom. The van der Waals surface area contributed by atoms with E-state index in [1.165, 1.54) is 0 Å². The van der Waals surface area contributed by atoms with Gasteiger partial charge in [-0.05, 0) is 35.5 Å². The maximum Gasteiger partial charge on any atom is 0.443 e. The lowest BCUT2D eigenvalue weighted by molar-refractivity contribution is -0.142. The highest BCUT2D eigenvalue weighted by Crippen LogP contribution is 2.48. The molecule has 1 aromatic rings. The number of halogens is 4. The largest absolute Gasteiger partial charge is 0.468 e. The molecule has 0 aromatic heterocycles. The fourth-order valence-corrected chi connectivity index (χ4v) is 3.14. The second kappa shape index (κ2) is 4.76. The van der Waals surface area contributed by atoms with E-state index in [2.05, 4.69) is 4.74 Å². The molecular weight excluding hydrogens is 300 g/mol. The molecular formula is C12H8F4O3S. The van der Waals surface area contributed by atoms with Crippen LogP contribution in [-0.2, 0) is 16.0 Å². The molecule has 108 valence electrons. The molecule has 0 bridgehead atoms. The molecule has 0 saturated carbocycles. The number of hydrogen-bond donors (Lipinski definition) is 0. The van der Waals surface area contributed by atoms with Crippen LogP contribution in [-0.4, -0.2) is 29.1 Å². The third kappa shape index (κ3) is 2.39. The van der Waals surface area contributed by atoms with Crippen molar-refractivity contribution in [3.05, 3.63) is 35.1 Å². The van der Waals surface area contributed by atoms with Crippen LogP contribution in [0.1, 0.15) is 15.9 Å². The molecule has 2 rings (SSSR count). The van der Waals surface area contributed by atoms with Crippen LogP contribution in [0.4, 0.5) is 17.6 Å². The van der Waals surface area contributed by atoms with E-state index in [1.54, 1.807) is 0 Å². The van der Waals surface area contributed by atoms with Crippen molar-refractivity contribution in [1.82, 2.24) is 0 Å². The molecule has 1 atom stereocenters.